The molecule has 3 atom stereocenters. The fourth-order valence-electron chi connectivity index (χ4n) is 5.04. The van der Waals surface area contributed by atoms with E-state index >= 15 is 0 Å². The number of halogens is 2. The Morgan fingerprint density at radius 1 is 0.579 bits per heavy atom. The van der Waals surface area contributed by atoms with Gasteiger partial charge in [-0.1, -0.05) is 44.9 Å². The lowest BCUT2D eigenvalue weighted by atomic mass is 9.64. The van der Waals surface area contributed by atoms with Crippen LogP contribution in [0.3, 0.4) is 0 Å². The SMILES string of the molecule is FC(F)(C1CCCCC1)C1CCC2CCCCC2C1. The van der Waals surface area contributed by atoms with Crippen LogP contribution in [0.25, 0.3) is 0 Å². The molecule has 0 aromatic rings. The molecule has 0 amide bonds. The van der Waals surface area contributed by atoms with Crippen molar-refractivity contribution >= 4 is 0 Å². The van der Waals surface area contributed by atoms with Gasteiger partial charge in [0.05, 0.1) is 0 Å². The molecule has 2 heteroatoms. The lowest BCUT2D eigenvalue weighted by Crippen LogP contribution is -2.42. The number of alkyl halides is 2. The molecule has 0 heterocycles. The highest BCUT2D eigenvalue weighted by atomic mass is 19.3. The first-order chi connectivity index (χ1) is 9.18. The summed E-state index contributed by atoms with van der Waals surface area (Å²) >= 11 is 0. The van der Waals surface area contributed by atoms with Crippen molar-refractivity contribution in [3.8, 4) is 0 Å². The van der Waals surface area contributed by atoms with E-state index in [1.807, 2.05) is 0 Å². The maximum absolute atomic E-state index is 14.8. The molecule has 0 N–H and O–H groups in total. The van der Waals surface area contributed by atoms with Crippen LogP contribution in [0, 0.1) is 23.7 Å². The summed E-state index contributed by atoms with van der Waals surface area (Å²) in [6, 6.07) is 0. The van der Waals surface area contributed by atoms with Gasteiger partial charge in [0.1, 0.15) is 0 Å². The summed E-state index contributed by atoms with van der Waals surface area (Å²) in [5.74, 6) is -1.56. The second kappa shape index (κ2) is 5.69. The Morgan fingerprint density at radius 3 is 1.95 bits per heavy atom. The van der Waals surface area contributed by atoms with Crippen LogP contribution in [-0.2, 0) is 0 Å². The van der Waals surface area contributed by atoms with E-state index in [-0.39, 0.29) is 11.8 Å². The molecule has 0 spiro atoms. The van der Waals surface area contributed by atoms with E-state index in [0.29, 0.717) is 5.92 Å². The zero-order valence-electron chi connectivity index (χ0n) is 12.1. The normalized spacial score (nSPS) is 37.9. The predicted molar refractivity (Wildman–Crippen MR) is 74.3 cm³/mol. The summed E-state index contributed by atoms with van der Waals surface area (Å²) < 4.78 is 29.5. The molecule has 3 saturated carbocycles. The first-order valence-electron chi connectivity index (χ1n) is 8.55. The quantitative estimate of drug-likeness (QED) is 0.594. The molecule has 0 radical (unpaired) electrons. The molecule has 0 bridgehead atoms. The third kappa shape index (κ3) is 2.83. The van der Waals surface area contributed by atoms with Crippen LogP contribution in [0.1, 0.15) is 77.0 Å². The van der Waals surface area contributed by atoms with Crippen molar-refractivity contribution in [3.63, 3.8) is 0 Å². The summed E-state index contributed by atoms with van der Waals surface area (Å²) in [4.78, 5) is 0. The van der Waals surface area contributed by atoms with Gasteiger partial charge in [-0.15, -0.1) is 0 Å². The predicted octanol–water partition coefficient (Wildman–Crippen LogP) is 5.81. The molecule has 3 rings (SSSR count). The monoisotopic (exact) mass is 270 g/mol. The molecule has 0 saturated heterocycles. The molecule has 0 aromatic carbocycles. The Kier molecular flexibility index (Phi) is 4.14. The highest BCUT2D eigenvalue weighted by molar-refractivity contribution is 4.92. The van der Waals surface area contributed by atoms with Crippen LogP contribution in [0.15, 0.2) is 0 Å². The minimum atomic E-state index is -2.37. The van der Waals surface area contributed by atoms with Crippen LogP contribution in [0.2, 0.25) is 0 Å². The van der Waals surface area contributed by atoms with Crippen molar-refractivity contribution in [2.24, 2.45) is 23.7 Å². The molecule has 0 nitrogen and oxygen atoms in total. The topological polar surface area (TPSA) is 0 Å². The Bertz CT molecular complexity index is 294. The summed E-state index contributed by atoms with van der Waals surface area (Å²) in [6.07, 6.45) is 12.6. The van der Waals surface area contributed by atoms with Gasteiger partial charge in [0.25, 0.3) is 5.92 Å². The van der Waals surface area contributed by atoms with E-state index in [0.717, 1.165) is 50.9 Å². The second-order valence-electron chi connectivity index (χ2n) is 7.32. The minimum Gasteiger partial charge on any atom is -0.206 e. The fraction of sp³-hybridized carbons (Fsp3) is 1.00. The third-order valence-corrected chi connectivity index (χ3v) is 6.23. The highest BCUT2D eigenvalue weighted by Gasteiger charge is 2.49. The highest BCUT2D eigenvalue weighted by Crippen LogP contribution is 2.51. The minimum absolute atomic E-state index is 0.296. The molecular formula is C17H28F2. The van der Waals surface area contributed by atoms with E-state index in [1.54, 1.807) is 0 Å². The van der Waals surface area contributed by atoms with E-state index < -0.39 is 5.92 Å². The molecule has 19 heavy (non-hydrogen) atoms. The average Bonchev–Trinajstić information content (AvgIpc) is 2.47. The van der Waals surface area contributed by atoms with E-state index in [9.17, 15) is 8.78 Å². The van der Waals surface area contributed by atoms with Gasteiger partial charge in [0.15, 0.2) is 0 Å². The zero-order chi connectivity index (χ0) is 13.3. The number of hydrogen-bond acceptors (Lipinski definition) is 0. The van der Waals surface area contributed by atoms with Gasteiger partial charge in [0, 0.05) is 11.8 Å². The Hall–Kier alpha value is -0.140. The number of hydrogen-bond donors (Lipinski definition) is 0. The zero-order valence-corrected chi connectivity index (χ0v) is 12.1. The van der Waals surface area contributed by atoms with Gasteiger partial charge in [0.2, 0.25) is 0 Å². The Balaban J connectivity index is 1.64. The summed E-state index contributed by atoms with van der Waals surface area (Å²) in [5, 5.41) is 0. The van der Waals surface area contributed by atoms with E-state index in [4.69, 9.17) is 0 Å². The van der Waals surface area contributed by atoms with Crippen LogP contribution in [0.5, 0.6) is 0 Å². The van der Waals surface area contributed by atoms with Crippen molar-refractivity contribution < 1.29 is 8.78 Å². The first-order valence-corrected chi connectivity index (χ1v) is 8.55. The van der Waals surface area contributed by atoms with Gasteiger partial charge in [-0.2, -0.15) is 0 Å². The van der Waals surface area contributed by atoms with Crippen LogP contribution < -0.4 is 0 Å². The Morgan fingerprint density at radius 2 is 1.21 bits per heavy atom. The average molecular weight is 270 g/mol. The van der Waals surface area contributed by atoms with Gasteiger partial charge >= 0.3 is 0 Å². The van der Waals surface area contributed by atoms with Crippen LogP contribution in [0.4, 0.5) is 8.78 Å². The molecule has 3 fully saturated rings. The largest absolute Gasteiger partial charge is 0.253 e. The van der Waals surface area contributed by atoms with Crippen LogP contribution in [-0.4, -0.2) is 5.92 Å². The van der Waals surface area contributed by atoms with Crippen molar-refractivity contribution in [1.82, 2.24) is 0 Å². The number of fused-ring (bicyclic) bond motifs is 1. The van der Waals surface area contributed by atoms with Crippen LogP contribution >= 0.6 is 0 Å². The van der Waals surface area contributed by atoms with E-state index in [2.05, 4.69) is 0 Å². The summed E-state index contributed by atoms with van der Waals surface area (Å²) in [7, 11) is 0. The fourth-order valence-corrected chi connectivity index (χ4v) is 5.04. The first kappa shape index (κ1) is 13.8. The summed E-state index contributed by atoms with van der Waals surface area (Å²) in [6.45, 7) is 0. The smallest absolute Gasteiger partial charge is 0.206 e. The van der Waals surface area contributed by atoms with Gasteiger partial charge in [-0.3, -0.25) is 0 Å². The molecule has 3 aliphatic carbocycles. The molecular weight excluding hydrogens is 242 g/mol. The van der Waals surface area contributed by atoms with Gasteiger partial charge < -0.3 is 0 Å². The lowest BCUT2D eigenvalue weighted by Gasteiger charge is -2.44. The molecule has 0 aromatic heterocycles. The van der Waals surface area contributed by atoms with Gasteiger partial charge in [-0.05, 0) is 43.9 Å². The van der Waals surface area contributed by atoms with Crippen molar-refractivity contribution in [1.29, 1.82) is 0 Å². The molecule has 3 unspecified atom stereocenters. The van der Waals surface area contributed by atoms with Gasteiger partial charge in [-0.25, -0.2) is 8.78 Å². The van der Waals surface area contributed by atoms with Crippen molar-refractivity contribution in [2.45, 2.75) is 83.0 Å². The molecule has 3 aliphatic rings. The van der Waals surface area contributed by atoms with Crippen molar-refractivity contribution in [2.75, 3.05) is 0 Å². The third-order valence-electron chi connectivity index (χ3n) is 6.23. The number of rotatable bonds is 2. The molecule has 110 valence electrons. The maximum atomic E-state index is 14.8. The molecule has 0 aliphatic heterocycles. The second-order valence-corrected chi connectivity index (χ2v) is 7.32. The van der Waals surface area contributed by atoms with E-state index in [1.165, 1.54) is 32.1 Å². The Labute approximate surface area is 116 Å². The van der Waals surface area contributed by atoms with Crippen molar-refractivity contribution in [3.05, 3.63) is 0 Å². The lowest BCUT2D eigenvalue weighted by molar-refractivity contribution is -0.139. The maximum Gasteiger partial charge on any atom is 0.253 e. The standard InChI is InChI=1S/C17H28F2/c18-17(19,15-8-2-1-3-9-15)16-11-10-13-6-4-5-7-14(13)12-16/h13-16H,1-12H2. The summed E-state index contributed by atoms with van der Waals surface area (Å²) in [5.41, 5.74) is 0.